The molecule has 0 atom stereocenters. The Balaban J connectivity index is 1.55. The van der Waals surface area contributed by atoms with Crippen LogP contribution in [0.5, 0.6) is 5.75 Å². The SMILES string of the molecule is COc1ccc(C(=O)CSc2nnc(-c3ccccc3F)n2C2CC2)cc1F. The first-order valence-corrected chi connectivity index (χ1v) is 9.76. The van der Waals surface area contributed by atoms with Gasteiger partial charge in [-0.2, -0.15) is 0 Å². The molecule has 1 fully saturated rings. The molecule has 4 rings (SSSR count). The van der Waals surface area contributed by atoms with E-state index in [0.717, 1.165) is 18.9 Å². The number of aromatic nitrogens is 3. The number of nitrogens with zero attached hydrogens (tertiary/aromatic N) is 3. The highest BCUT2D eigenvalue weighted by molar-refractivity contribution is 7.99. The summed E-state index contributed by atoms with van der Waals surface area (Å²) in [5.74, 6) is -0.546. The van der Waals surface area contributed by atoms with Crippen molar-refractivity contribution in [3.05, 3.63) is 59.7 Å². The molecule has 0 unspecified atom stereocenters. The summed E-state index contributed by atoms with van der Waals surface area (Å²) in [6.45, 7) is 0. The number of thioether (sulfide) groups is 1. The van der Waals surface area contributed by atoms with E-state index < -0.39 is 5.82 Å². The molecular weight excluding hydrogens is 384 g/mol. The summed E-state index contributed by atoms with van der Waals surface area (Å²) in [5.41, 5.74) is 0.648. The van der Waals surface area contributed by atoms with Gasteiger partial charge in [-0.05, 0) is 43.2 Å². The molecular formula is C20H17F2N3O2S. The molecule has 5 nitrogen and oxygen atoms in total. The molecule has 0 N–H and O–H groups in total. The Kier molecular flexibility index (Phi) is 5.13. The van der Waals surface area contributed by atoms with Crippen LogP contribution in [0.1, 0.15) is 29.2 Å². The number of carbonyl (C=O) groups is 1. The molecule has 0 bridgehead atoms. The van der Waals surface area contributed by atoms with E-state index in [0.29, 0.717) is 16.5 Å². The van der Waals surface area contributed by atoms with Gasteiger partial charge in [0.2, 0.25) is 0 Å². The van der Waals surface area contributed by atoms with Gasteiger partial charge in [-0.3, -0.25) is 9.36 Å². The fourth-order valence-corrected chi connectivity index (χ4v) is 3.82. The van der Waals surface area contributed by atoms with Crippen LogP contribution in [0, 0.1) is 11.6 Å². The molecule has 1 aromatic heterocycles. The van der Waals surface area contributed by atoms with Gasteiger partial charge in [0.25, 0.3) is 0 Å². The quantitative estimate of drug-likeness (QED) is 0.430. The number of methoxy groups -OCH3 is 1. The fourth-order valence-electron chi connectivity index (χ4n) is 2.92. The highest BCUT2D eigenvalue weighted by Gasteiger charge is 2.31. The fraction of sp³-hybridized carbons (Fsp3) is 0.250. The van der Waals surface area contributed by atoms with Crippen molar-refractivity contribution >= 4 is 17.5 Å². The Morgan fingerprint density at radius 3 is 2.64 bits per heavy atom. The number of rotatable bonds is 7. The van der Waals surface area contributed by atoms with Crippen LogP contribution in [-0.4, -0.2) is 33.4 Å². The molecule has 0 spiro atoms. The summed E-state index contributed by atoms with van der Waals surface area (Å²) in [7, 11) is 1.37. The Labute approximate surface area is 164 Å². The normalized spacial score (nSPS) is 13.5. The van der Waals surface area contributed by atoms with Crippen LogP contribution in [0.25, 0.3) is 11.4 Å². The number of halogens is 2. The number of hydrogen-bond donors (Lipinski definition) is 0. The van der Waals surface area contributed by atoms with E-state index >= 15 is 0 Å². The third-order valence-electron chi connectivity index (χ3n) is 4.50. The Hall–Kier alpha value is -2.74. The van der Waals surface area contributed by atoms with E-state index in [-0.39, 0.29) is 34.7 Å². The third-order valence-corrected chi connectivity index (χ3v) is 5.44. The number of ketones is 1. The minimum Gasteiger partial charge on any atom is -0.494 e. The molecule has 0 saturated heterocycles. The number of benzene rings is 2. The molecule has 0 amide bonds. The summed E-state index contributed by atoms with van der Waals surface area (Å²) >= 11 is 1.22. The second-order valence-electron chi connectivity index (χ2n) is 6.45. The number of Topliss-reactive ketones (excluding diaryl/α,β-unsaturated/α-hetero) is 1. The lowest BCUT2D eigenvalue weighted by atomic mass is 10.1. The first-order chi connectivity index (χ1) is 13.6. The maximum Gasteiger partial charge on any atom is 0.192 e. The largest absolute Gasteiger partial charge is 0.494 e. The number of carbonyl (C=O) groups excluding carboxylic acids is 1. The average Bonchev–Trinajstić information content (AvgIpc) is 3.46. The van der Waals surface area contributed by atoms with Crippen LogP contribution in [0.15, 0.2) is 47.6 Å². The first-order valence-electron chi connectivity index (χ1n) is 8.78. The number of ether oxygens (including phenoxy) is 1. The average molecular weight is 401 g/mol. The lowest BCUT2D eigenvalue weighted by Gasteiger charge is -2.09. The van der Waals surface area contributed by atoms with Crippen molar-refractivity contribution < 1.29 is 18.3 Å². The van der Waals surface area contributed by atoms with Crippen LogP contribution in [0.2, 0.25) is 0 Å². The van der Waals surface area contributed by atoms with Crippen LogP contribution in [0.3, 0.4) is 0 Å². The van der Waals surface area contributed by atoms with Gasteiger partial charge in [0.15, 0.2) is 28.3 Å². The van der Waals surface area contributed by atoms with E-state index in [1.165, 1.54) is 37.1 Å². The summed E-state index contributed by atoms with van der Waals surface area (Å²) in [6.07, 6.45) is 1.93. The van der Waals surface area contributed by atoms with E-state index in [9.17, 15) is 13.6 Å². The van der Waals surface area contributed by atoms with E-state index in [2.05, 4.69) is 10.2 Å². The summed E-state index contributed by atoms with van der Waals surface area (Å²) < 4.78 is 34.8. The maximum atomic E-state index is 14.2. The summed E-state index contributed by atoms with van der Waals surface area (Å²) in [6, 6.07) is 10.8. The third kappa shape index (κ3) is 3.64. The van der Waals surface area contributed by atoms with Crippen molar-refractivity contribution in [1.82, 2.24) is 14.8 Å². The molecule has 2 aromatic carbocycles. The zero-order valence-corrected chi connectivity index (χ0v) is 15.9. The Morgan fingerprint density at radius 1 is 1.18 bits per heavy atom. The lowest BCUT2D eigenvalue weighted by molar-refractivity contribution is 0.102. The Morgan fingerprint density at radius 2 is 1.96 bits per heavy atom. The van der Waals surface area contributed by atoms with Gasteiger partial charge < -0.3 is 4.74 Å². The first kappa shape index (κ1) is 18.6. The summed E-state index contributed by atoms with van der Waals surface area (Å²) in [5, 5.41) is 8.89. The van der Waals surface area contributed by atoms with Crippen molar-refractivity contribution in [3.8, 4) is 17.1 Å². The molecule has 0 radical (unpaired) electrons. The van der Waals surface area contributed by atoms with Crippen LogP contribution >= 0.6 is 11.8 Å². The molecule has 1 aliphatic rings. The van der Waals surface area contributed by atoms with Gasteiger partial charge in [-0.1, -0.05) is 23.9 Å². The van der Waals surface area contributed by atoms with Crippen molar-refractivity contribution in [3.63, 3.8) is 0 Å². The standard InChI is InChI=1S/C20H17F2N3O2S/c1-27-18-9-6-12(10-16(18)22)17(26)11-28-20-24-23-19(25(20)13-7-8-13)14-4-2-3-5-15(14)21/h2-6,9-10,13H,7-8,11H2,1H3. The molecule has 144 valence electrons. The van der Waals surface area contributed by atoms with E-state index in [4.69, 9.17) is 4.74 Å². The van der Waals surface area contributed by atoms with Crippen molar-refractivity contribution in [2.75, 3.05) is 12.9 Å². The van der Waals surface area contributed by atoms with Crippen molar-refractivity contribution in [2.45, 2.75) is 24.0 Å². The van der Waals surface area contributed by atoms with Crippen LogP contribution < -0.4 is 4.74 Å². The second kappa shape index (κ2) is 7.71. The van der Waals surface area contributed by atoms with E-state index in [1.54, 1.807) is 18.2 Å². The Bertz CT molecular complexity index is 1030. The predicted octanol–water partition coefficient (Wildman–Crippen LogP) is 4.54. The molecule has 1 heterocycles. The van der Waals surface area contributed by atoms with Crippen molar-refractivity contribution in [1.29, 1.82) is 0 Å². The van der Waals surface area contributed by atoms with E-state index in [1.807, 2.05) is 4.57 Å². The molecule has 1 aliphatic carbocycles. The monoisotopic (exact) mass is 401 g/mol. The topological polar surface area (TPSA) is 57.0 Å². The highest BCUT2D eigenvalue weighted by atomic mass is 32.2. The zero-order valence-electron chi connectivity index (χ0n) is 15.1. The zero-order chi connectivity index (χ0) is 19.7. The molecule has 28 heavy (non-hydrogen) atoms. The highest BCUT2D eigenvalue weighted by Crippen LogP contribution is 2.41. The molecule has 0 aliphatic heterocycles. The minimum atomic E-state index is -0.582. The van der Waals surface area contributed by atoms with Crippen LogP contribution in [0.4, 0.5) is 8.78 Å². The molecule has 3 aromatic rings. The number of hydrogen-bond acceptors (Lipinski definition) is 5. The lowest BCUT2D eigenvalue weighted by Crippen LogP contribution is -2.06. The van der Waals surface area contributed by atoms with Gasteiger partial charge in [0.1, 0.15) is 5.82 Å². The molecule has 1 saturated carbocycles. The summed E-state index contributed by atoms with van der Waals surface area (Å²) in [4.78, 5) is 12.5. The maximum absolute atomic E-state index is 14.2. The van der Waals surface area contributed by atoms with Gasteiger partial charge in [-0.25, -0.2) is 8.78 Å². The van der Waals surface area contributed by atoms with Gasteiger partial charge in [-0.15, -0.1) is 10.2 Å². The van der Waals surface area contributed by atoms with Gasteiger partial charge in [0, 0.05) is 11.6 Å². The smallest absolute Gasteiger partial charge is 0.192 e. The van der Waals surface area contributed by atoms with Crippen molar-refractivity contribution in [2.24, 2.45) is 0 Å². The van der Waals surface area contributed by atoms with Crippen LogP contribution in [-0.2, 0) is 0 Å². The second-order valence-corrected chi connectivity index (χ2v) is 7.39. The van der Waals surface area contributed by atoms with Gasteiger partial charge >= 0.3 is 0 Å². The molecule has 8 heteroatoms. The minimum absolute atomic E-state index is 0.0773. The van der Waals surface area contributed by atoms with Gasteiger partial charge in [0.05, 0.1) is 18.4 Å². The predicted molar refractivity (Wildman–Crippen MR) is 102 cm³/mol.